The fraction of sp³-hybridized carbons (Fsp3) is 0.419. The zero-order valence-corrected chi connectivity index (χ0v) is 20.3. The fourth-order valence-corrected chi connectivity index (χ4v) is 6.26. The van der Waals surface area contributed by atoms with E-state index >= 15 is 0 Å². The molecule has 4 heteroatoms. The number of phenolic OH excluding ortho intramolecular Hbond substituents is 2. The summed E-state index contributed by atoms with van der Waals surface area (Å²) in [6.45, 7) is 0. The second kappa shape index (κ2) is 10.4. The molecule has 2 fully saturated rings. The second-order valence-corrected chi connectivity index (χ2v) is 10.4. The minimum absolute atomic E-state index is 0.313. The summed E-state index contributed by atoms with van der Waals surface area (Å²) in [4.78, 5) is 0. The molecule has 4 N–H and O–H groups in total. The van der Waals surface area contributed by atoms with Crippen molar-refractivity contribution < 1.29 is 20.4 Å². The maximum atomic E-state index is 10.7. The summed E-state index contributed by atoms with van der Waals surface area (Å²) in [6.07, 6.45) is 9.88. The molecule has 0 aliphatic heterocycles. The Kier molecular flexibility index (Phi) is 7.12. The van der Waals surface area contributed by atoms with Gasteiger partial charge in [-0.05, 0) is 95.2 Å². The number of hydrogen-bond acceptors (Lipinski definition) is 4. The van der Waals surface area contributed by atoms with E-state index in [-0.39, 0.29) is 0 Å². The second-order valence-electron chi connectivity index (χ2n) is 10.4. The summed E-state index contributed by atoms with van der Waals surface area (Å²) in [5, 5.41) is 41.9. The van der Waals surface area contributed by atoms with Gasteiger partial charge in [0, 0.05) is 5.56 Å². The predicted octanol–water partition coefficient (Wildman–Crippen LogP) is 7.51. The summed E-state index contributed by atoms with van der Waals surface area (Å²) in [6, 6.07) is 17.0. The molecule has 0 unspecified atom stereocenters. The van der Waals surface area contributed by atoms with Crippen molar-refractivity contribution in [2.24, 2.45) is 0 Å². The standard InChI is InChI=1S/C31H36O4/c32-28-16-14-22(18-26(28)20-8-3-1-4-9-20)24-12-7-13-25(31(34)35)30(24)23-15-17-29(33)27(19-23)21-10-5-2-6-11-21/h7,12-21,31-35H,1-6,8-11H2. The van der Waals surface area contributed by atoms with Crippen LogP contribution in [0.2, 0.25) is 0 Å². The number of rotatable bonds is 5. The molecule has 3 aromatic rings. The van der Waals surface area contributed by atoms with Crippen molar-refractivity contribution in [3.63, 3.8) is 0 Å². The van der Waals surface area contributed by atoms with Crippen molar-refractivity contribution in [3.8, 4) is 33.8 Å². The lowest BCUT2D eigenvalue weighted by Crippen LogP contribution is -2.06. The molecule has 35 heavy (non-hydrogen) atoms. The van der Waals surface area contributed by atoms with Gasteiger partial charge in [0.2, 0.25) is 0 Å². The summed E-state index contributed by atoms with van der Waals surface area (Å²) >= 11 is 0. The lowest BCUT2D eigenvalue weighted by Gasteiger charge is -2.25. The Labute approximate surface area is 207 Å². The van der Waals surface area contributed by atoms with Crippen molar-refractivity contribution in [1.82, 2.24) is 0 Å². The largest absolute Gasteiger partial charge is 0.508 e. The summed E-state index contributed by atoms with van der Waals surface area (Å²) in [5.74, 6) is 1.33. The molecule has 0 radical (unpaired) electrons. The van der Waals surface area contributed by atoms with Crippen LogP contribution in [0.3, 0.4) is 0 Å². The molecule has 2 saturated carbocycles. The van der Waals surface area contributed by atoms with Crippen LogP contribution in [0.5, 0.6) is 11.5 Å². The van der Waals surface area contributed by atoms with Gasteiger partial charge in [0.25, 0.3) is 0 Å². The van der Waals surface area contributed by atoms with Crippen molar-refractivity contribution in [2.45, 2.75) is 82.3 Å². The molecule has 0 amide bonds. The van der Waals surface area contributed by atoms with Gasteiger partial charge < -0.3 is 20.4 Å². The van der Waals surface area contributed by atoms with E-state index in [9.17, 15) is 20.4 Å². The number of aliphatic hydroxyl groups excluding tert-OH is 1. The van der Waals surface area contributed by atoms with Crippen molar-refractivity contribution >= 4 is 0 Å². The van der Waals surface area contributed by atoms with Crippen molar-refractivity contribution in [2.75, 3.05) is 0 Å². The van der Waals surface area contributed by atoms with E-state index in [1.807, 2.05) is 30.3 Å². The summed E-state index contributed by atoms with van der Waals surface area (Å²) in [5.41, 5.74) is 5.85. The zero-order chi connectivity index (χ0) is 24.4. The first-order valence-corrected chi connectivity index (χ1v) is 13.2. The van der Waals surface area contributed by atoms with E-state index < -0.39 is 6.29 Å². The van der Waals surface area contributed by atoms with Gasteiger partial charge in [0.05, 0.1) is 0 Å². The molecule has 0 heterocycles. The molecular weight excluding hydrogens is 436 g/mol. The van der Waals surface area contributed by atoms with Crippen LogP contribution in [0.1, 0.15) is 99.0 Å². The molecule has 0 atom stereocenters. The number of aliphatic hydroxyl groups is 2. The Morgan fingerprint density at radius 2 is 1.11 bits per heavy atom. The Morgan fingerprint density at radius 3 is 1.66 bits per heavy atom. The highest BCUT2D eigenvalue weighted by molar-refractivity contribution is 5.87. The highest BCUT2D eigenvalue weighted by atomic mass is 16.5. The van der Waals surface area contributed by atoms with Crippen LogP contribution in [0.4, 0.5) is 0 Å². The smallest absolute Gasteiger partial charge is 0.179 e. The molecule has 0 saturated heterocycles. The van der Waals surface area contributed by atoms with Gasteiger partial charge in [-0.15, -0.1) is 0 Å². The van der Waals surface area contributed by atoms with Crippen molar-refractivity contribution in [1.29, 1.82) is 0 Å². The first-order chi connectivity index (χ1) is 17.0. The molecule has 184 valence electrons. The molecule has 2 aliphatic carbocycles. The molecule has 5 rings (SSSR count). The Balaban J connectivity index is 1.63. The van der Waals surface area contributed by atoms with Crippen LogP contribution in [-0.4, -0.2) is 20.4 Å². The molecule has 0 spiro atoms. The molecule has 3 aromatic carbocycles. The Morgan fingerprint density at radius 1 is 0.600 bits per heavy atom. The SMILES string of the molecule is Oc1ccc(-c2cccc(C(O)O)c2-c2ccc(O)c(C3CCCCC3)c2)cc1C1CCCCC1. The van der Waals surface area contributed by atoms with Gasteiger partial charge in [-0.3, -0.25) is 0 Å². The number of benzene rings is 3. The first-order valence-electron chi connectivity index (χ1n) is 13.2. The summed E-state index contributed by atoms with van der Waals surface area (Å²) in [7, 11) is 0. The van der Waals surface area contributed by atoms with Crippen LogP contribution in [0.25, 0.3) is 22.3 Å². The topological polar surface area (TPSA) is 80.9 Å². The third kappa shape index (κ3) is 4.96. The van der Waals surface area contributed by atoms with Gasteiger partial charge in [0.1, 0.15) is 11.5 Å². The highest BCUT2D eigenvalue weighted by Gasteiger charge is 2.24. The zero-order valence-electron chi connectivity index (χ0n) is 20.3. The van der Waals surface area contributed by atoms with Crippen LogP contribution in [0.15, 0.2) is 54.6 Å². The molecule has 0 aromatic heterocycles. The maximum absolute atomic E-state index is 10.7. The monoisotopic (exact) mass is 472 g/mol. The van der Waals surface area contributed by atoms with Crippen LogP contribution < -0.4 is 0 Å². The average molecular weight is 473 g/mol. The van der Waals surface area contributed by atoms with E-state index in [0.717, 1.165) is 59.1 Å². The third-order valence-electron chi connectivity index (χ3n) is 8.12. The van der Waals surface area contributed by atoms with Crippen LogP contribution in [0, 0.1) is 0 Å². The van der Waals surface area contributed by atoms with Gasteiger partial charge in [-0.25, -0.2) is 0 Å². The molecule has 0 bridgehead atoms. The highest BCUT2D eigenvalue weighted by Crippen LogP contribution is 2.44. The maximum Gasteiger partial charge on any atom is 0.179 e. The van der Waals surface area contributed by atoms with E-state index in [1.165, 1.54) is 38.5 Å². The minimum Gasteiger partial charge on any atom is -0.508 e. The van der Waals surface area contributed by atoms with Gasteiger partial charge >= 0.3 is 0 Å². The number of aromatic hydroxyl groups is 2. The molecule has 2 aliphatic rings. The fourth-order valence-electron chi connectivity index (χ4n) is 6.26. The number of phenols is 2. The van der Waals surface area contributed by atoms with Gasteiger partial charge in [-0.1, -0.05) is 68.9 Å². The number of hydrogen-bond donors (Lipinski definition) is 4. The van der Waals surface area contributed by atoms with Gasteiger partial charge in [-0.2, -0.15) is 0 Å². The van der Waals surface area contributed by atoms with Crippen molar-refractivity contribution in [3.05, 3.63) is 71.3 Å². The third-order valence-corrected chi connectivity index (χ3v) is 8.12. The lowest BCUT2D eigenvalue weighted by molar-refractivity contribution is -0.0420. The predicted molar refractivity (Wildman–Crippen MR) is 139 cm³/mol. The van der Waals surface area contributed by atoms with Gasteiger partial charge in [0.15, 0.2) is 6.29 Å². The van der Waals surface area contributed by atoms with Crippen LogP contribution >= 0.6 is 0 Å². The van der Waals surface area contributed by atoms with E-state index in [0.29, 0.717) is 28.9 Å². The first kappa shape index (κ1) is 23.9. The van der Waals surface area contributed by atoms with E-state index in [2.05, 4.69) is 6.07 Å². The minimum atomic E-state index is -1.62. The average Bonchev–Trinajstić information content (AvgIpc) is 2.90. The normalized spacial score (nSPS) is 17.7. The molecular formula is C31H36O4. The lowest BCUT2D eigenvalue weighted by atomic mass is 9.80. The Hall–Kier alpha value is -2.82. The van der Waals surface area contributed by atoms with E-state index in [1.54, 1.807) is 18.2 Å². The quantitative estimate of drug-likeness (QED) is 0.290. The van der Waals surface area contributed by atoms with E-state index in [4.69, 9.17) is 0 Å². The van der Waals surface area contributed by atoms with Crippen LogP contribution in [-0.2, 0) is 0 Å². The summed E-state index contributed by atoms with van der Waals surface area (Å²) < 4.78 is 0. The molecule has 4 nitrogen and oxygen atoms in total. The Bertz CT molecular complexity index is 1170.